The molecular formula is C30H42N6O5S. The molecule has 0 bridgehead atoms. The first-order chi connectivity index (χ1) is 20.2. The Balaban J connectivity index is 1.46. The minimum Gasteiger partial charge on any atom is -0.359 e. The first-order valence-electron chi connectivity index (χ1n) is 14.6. The van der Waals surface area contributed by atoms with Crippen molar-refractivity contribution in [1.82, 2.24) is 20.3 Å². The summed E-state index contributed by atoms with van der Waals surface area (Å²) < 4.78 is 29.8. The van der Waals surface area contributed by atoms with Gasteiger partial charge >= 0.3 is 0 Å². The third-order valence-corrected chi connectivity index (χ3v) is 9.52. The van der Waals surface area contributed by atoms with Gasteiger partial charge in [-0.2, -0.15) is 4.72 Å². The van der Waals surface area contributed by atoms with Crippen LogP contribution in [-0.2, 0) is 37.4 Å². The van der Waals surface area contributed by atoms with Crippen molar-refractivity contribution < 1.29 is 22.8 Å². The van der Waals surface area contributed by atoms with Crippen LogP contribution in [0.2, 0.25) is 0 Å². The smallest absolute Gasteiger partial charge is 0.241 e. The van der Waals surface area contributed by atoms with Gasteiger partial charge in [-0.3, -0.25) is 14.4 Å². The molecule has 11 nitrogen and oxygen atoms in total. The number of hydrogen-bond acceptors (Lipinski definition) is 7. The van der Waals surface area contributed by atoms with Crippen LogP contribution in [-0.4, -0.2) is 70.3 Å². The number of anilines is 1. The maximum atomic E-state index is 13.8. The number of rotatable bonds is 13. The highest BCUT2D eigenvalue weighted by molar-refractivity contribution is 7.89. The number of carbonyl (C=O) groups is 3. The molecule has 2 heterocycles. The number of nitrogens with zero attached hydrogens (tertiary/aromatic N) is 1. The number of nitrogens with two attached hydrogens (primary N) is 1. The van der Waals surface area contributed by atoms with Crippen LogP contribution in [0.15, 0.2) is 53.4 Å². The van der Waals surface area contributed by atoms with Gasteiger partial charge in [0.05, 0.1) is 10.8 Å². The molecule has 2 fully saturated rings. The van der Waals surface area contributed by atoms with Gasteiger partial charge in [-0.1, -0.05) is 30.3 Å². The SMILES string of the molecule is CNC(=O)CCCC1CCN(C(=O)[C@@H](Cc2cccc(CN)c2)NS(=O)(=O)c2cccc(NC(=O)C3CNC3)c2)CC1. The number of nitrogens with one attached hydrogen (secondary N) is 4. The lowest BCUT2D eigenvalue weighted by Gasteiger charge is -2.34. The molecule has 2 saturated heterocycles. The first-order valence-corrected chi connectivity index (χ1v) is 16.1. The molecule has 1 atom stereocenters. The average Bonchev–Trinajstić information content (AvgIpc) is 2.96. The van der Waals surface area contributed by atoms with Crippen LogP contribution in [0, 0.1) is 11.8 Å². The van der Waals surface area contributed by atoms with Gasteiger partial charge in [0.1, 0.15) is 6.04 Å². The fourth-order valence-electron chi connectivity index (χ4n) is 5.35. The second kappa shape index (κ2) is 14.7. The van der Waals surface area contributed by atoms with Crippen molar-refractivity contribution in [2.24, 2.45) is 17.6 Å². The van der Waals surface area contributed by atoms with Gasteiger partial charge in [0, 0.05) is 51.9 Å². The van der Waals surface area contributed by atoms with Crippen LogP contribution in [0.3, 0.4) is 0 Å². The predicted molar refractivity (Wildman–Crippen MR) is 161 cm³/mol. The van der Waals surface area contributed by atoms with Crippen molar-refractivity contribution in [2.75, 3.05) is 38.5 Å². The Morgan fingerprint density at radius 1 is 1.05 bits per heavy atom. The highest BCUT2D eigenvalue weighted by Crippen LogP contribution is 2.24. The summed E-state index contributed by atoms with van der Waals surface area (Å²) in [5.41, 5.74) is 7.89. The second-order valence-corrected chi connectivity index (χ2v) is 12.8. The van der Waals surface area contributed by atoms with Crippen LogP contribution in [0.4, 0.5) is 5.69 Å². The van der Waals surface area contributed by atoms with Gasteiger partial charge in [0.15, 0.2) is 0 Å². The fraction of sp³-hybridized carbons (Fsp3) is 0.500. The van der Waals surface area contributed by atoms with Gasteiger partial charge in [-0.15, -0.1) is 0 Å². The van der Waals surface area contributed by atoms with E-state index in [-0.39, 0.29) is 35.0 Å². The van der Waals surface area contributed by atoms with E-state index in [1.165, 1.54) is 12.1 Å². The van der Waals surface area contributed by atoms with Crippen LogP contribution in [0.25, 0.3) is 0 Å². The van der Waals surface area contributed by atoms with Gasteiger partial charge < -0.3 is 26.6 Å². The standard InChI is InChI=1S/C30H42N6O5S/c1-32-28(37)10-3-5-21-11-13-36(14-12-21)30(39)27(16-22-6-2-7-23(15-22)18-31)35-42(40,41)26-9-4-8-25(17-26)34-29(38)24-19-33-20-24/h2,4,6-9,15,17,21,24,27,33,35H,3,5,10-14,16,18-20,31H2,1H3,(H,32,37)(H,34,38)/t27-/m1/s1. The zero-order chi connectivity index (χ0) is 30.1. The highest BCUT2D eigenvalue weighted by Gasteiger charge is 2.32. The molecule has 2 aliphatic heterocycles. The van der Waals surface area contributed by atoms with Crippen molar-refractivity contribution in [3.8, 4) is 0 Å². The predicted octanol–water partition coefficient (Wildman–Crippen LogP) is 1.35. The van der Waals surface area contributed by atoms with Crippen molar-refractivity contribution in [1.29, 1.82) is 0 Å². The maximum Gasteiger partial charge on any atom is 0.241 e. The Morgan fingerprint density at radius 3 is 2.43 bits per heavy atom. The summed E-state index contributed by atoms with van der Waals surface area (Å²) in [6.07, 6.45) is 3.99. The zero-order valence-corrected chi connectivity index (χ0v) is 24.9. The molecule has 6 N–H and O–H groups in total. The summed E-state index contributed by atoms with van der Waals surface area (Å²) in [6.45, 7) is 2.58. The molecule has 0 saturated carbocycles. The summed E-state index contributed by atoms with van der Waals surface area (Å²) in [4.78, 5) is 39.4. The number of hydrogen-bond donors (Lipinski definition) is 5. The van der Waals surface area contributed by atoms with Crippen LogP contribution in [0.1, 0.15) is 43.2 Å². The van der Waals surface area contributed by atoms with E-state index in [1.54, 1.807) is 24.1 Å². The molecular weight excluding hydrogens is 556 g/mol. The molecule has 3 amide bonds. The molecule has 4 rings (SSSR count). The molecule has 0 aromatic heterocycles. The van der Waals surface area contributed by atoms with E-state index >= 15 is 0 Å². The van der Waals surface area contributed by atoms with E-state index in [0.29, 0.717) is 50.7 Å². The Bertz CT molecular complexity index is 1360. The Kier molecular flexibility index (Phi) is 11.1. The summed E-state index contributed by atoms with van der Waals surface area (Å²) in [7, 11) is -2.48. The minimum atomic E-state index is -4.11. The van der Waals surface area contributed by atoms with Crippen molar-refractivity contribution in [3.05, 3.63) is 59.7 Å². The minimum absolute atomic E-state index is 0.0278. The highest BCUT2D eigenvalue weighted by atomic mass is 32.2. The molecule has 0 unspecified atom stereocenters. The Morgan fingerprint density at radius 2 is 1.76 bits per heavy atom. The molecule has 2 aliphatic rings. The molecule has 12 heteroatoms. The molecule has 0 aliphatic carbocycles. The number of likely N-dealkylation sites (tertiary alicyclic amines) is 1. The summed E-state index contributed by atoms with van der Waals surface area (Å²) >= 11 is 0. The van der Waals surface area contributed by atoms with E-state index in [9.17, 15) is 22.8 Å². The van der Waals surface area contributed by atoms with Crippen molar-refractivity contribution >= 4 is 33.4 Å². The molecule has 2 aromatic rings. The normalized spacial score (nSPS) is 16.9. The average molecular weight is 599 g/mol. The third-order valence-electron chi connectivity index (χ3n) is 8.05. The number of benzene rings is 2. The van der Waals surface area contributed by atoms with Crippen molar-refractivity contribution in [3.63, 3.8) is 0 Å². The lowest BCUT2D eigenvalue weighted by atomic mass is 9.91. The van der Waals surface area contributed by atoms with E-state index in [1.807, 2.05) is 24.3 Å². The van der Waals surface area contributed by atoms with E-state index in [4.69, 9.17) is 5.73 Å². The Hall–Kier alpha value is -3.32. The van der Waals surface area contributed by atoms with Crippen LogP contribution in [0.5, 0.6) is 0 Å². The quantitative estimate of drug-likeness (QED) is 0.232. The lowest BCUT2D eigenvalue weighted by molar-refractivity contribution is -0.134. The number of carbonyl (C=O) groups excluding carboxylic acids is 3. The van der Waals surface area contributed by atoms with E-state index in [2.05, 4.69) is 20.7 Å². The van der Waals surface area contributed by atoms with E-state index < -0.39 is 16.1 Å². The van der Waals surface area contributed by atoms with Gasteiger partial charge in [0.25, 0.3) is 0 Å². The fourth-order valence-corrected chi connectivity index (χ4v) is 6.59. The summed E-state index contributed by atoms with van der Waals surface area (Å²) in [6, 6.07) is 12.5. The summed E-state index contributed by atoms with van der Waals surface area (Å²) in [5.74, 6) is -0.137. The molecule has 2 aromatic carbocycles. The maximum absolute atomic E-state index is 13.8. The van der Waals surface area contributed by atoms with Crippen LogP contribution >= 0.6 is 0 Å². The third kappa shape index (κ3) is 8.60. The van der Waals surface area contributed by atoms with Gasteiger partial charge in [-0.25, -0.2) is 8.42 Å². The topological polar surface area (TPSA) is 163 Å². The number of amides is 3. The zero-order valence-electron chi connectivity index (χ0n) is 24.1. The summed E-state index contributed by atoms with van der Waals surface area (Å²) in [5, 5.41) is 8.47. The van der Waals surface area contributed by atoms with Gasteiger partial charge in [0.2, 0.25) is 27.7 Å². The number of sulfonamides is 1. The van der Waals surface area contributed by atoms with E-state index in [0.717, 1.165) is 36.8 Å². The molecule has 0 radical (unpaired) electrons. The second-order valence-electron chi connectivity index (χ2n) is 11.1. The Labute approximate surface area is 248 Å². The first kappa shape index (κ1) is 31.6. The van der Waals surface area contributed by atoms with Crippen LogP contribution < -0.4 is 26.4 Å². The molecule has 42 heavy (non-hydrogen) atoms. The van der Waals surface area contributed by atoms with Crippen molar-refractivity contribution in [2.45, 2.75) is 56.0 Å². The largest absolute Gasteiger partial charge is 0.359 e. The molecule has 228 valence electrons. The number of piperidine rings is 1. The molecule has 0 spiro atoms. The lowest BCUT2D eigenvalue weighted by Crippen LogP contribution is -2.51. The monoisotopic (exact) mass is 598 g/mol. The van der Waals surface area contributed by atoms with Gasteiger partial charge in [-0.05, 0) is 67.3 Å².